The first-order valence-electron chi connectivity index (χ1n) is 7.84. The van der Waals surface area contributed by atoms with Crippen molar-refractivity contribution >= 4 is 16.2 Å². The molecule has 0 saturated carbocycles. The molecule has 2 heterocycles. The van der Waals surface area contributed by atoms with Gasteiger partial charge in [0.2, 0.25) is 5.88 Å². The molecule has 8 nitrogen and oxygen atoms in total. The maximum absolute atomic E-state index is 12.0. The second-order valence-corrected chi connectivity index (χ2v) is 7.41. The first-order valence-corrected chi connectivity index (χ1v) is 9.66. The topological polar surface area (TPSA) is 91.4 Å². The van der Waals surface area contributed by atoms with Gasteiger partial charge in [0.15, 0.2) is 12.0 Å². The molecular weight excluding hydrogens is 350 g/mol. The highest BCUT2D eigenvalue weighted by molar-refractivity contribution is 7.85. The van der Waals surface area contributed by atoms with Crippen LogP contribution >= 0.6 is 0 Å². The van der Waals surface area contributed by atoms with Gasteiger partial charge < -0.3 is 14.2 Å². The van der Waals surface area contributed by atoms with Gasteiger partial charge in [-0.2, -0.15) is 8.42 Å². The molecule has 25 heavy (non-hydrogen) atoms. The van der Waals surface area contributed by atoms with Crippen molar-refractivity contribution in [2.24, 2.45) is 0 Å². The number of hydrogen-bond acceptors (Lipinski definition) is 7. The summed E-state index contributed by atoms with van der Waals surface area (Å²) >= 11 is 0. The predicted molar refractivity (Wildman–Crippen MR) is 87.2 cm³/mol. The van der Waals surface area contributed by atoms with Crippen LogP contribution in [0.2, 0.25) is 0 Å². The molecule has 0 aromatic rings. The SMILES string of the molecule is CS(=O)(=O)OCC[C@@H]1CN(C2=COC=C(C3=CC=CCC3)O2)C(=O)O1. The van der Waals surface area contributed by atoms with Gasteiger partial charge in [0.05, 0.1) is 19.4 Å². The molecule has 0 unspecified atom stereocenters. The van der Waals surface area contributed by atoms with Gasteiger partial charge in [-0.25, -0.2) is 9.69 Å². The van der Waals surface area contributed by atoms with Gasteiger partial charge in [0.1, 0.15) is 12.4 Å². The summed E-state index contributed by atoms with van der Waals surface area (Å²) in [6, 6.07) is 0. The van der Waals surface area contributed by atoms with Gasteiger partial charge in [-0.15, -0.1) is 0 Å². The maximum Gasteiger partial charge on any atom is 0.417 e. The Labute approximate surface area is 146 Å². The standard InChI is InChI=1S/C16H19NO7S/c1-25(19,20)22-8-7-13-9-17(16(18)23-13)15-11-21-10-14(24-15)12-5-3-2-4-6-12/h2-3,5,10-11,13H,4,6-9H2,1H3/t13-/m1/s1. The quantitative estimate of drug-likeness (QED) is 0.662. The molecular formula is C16H19NO7S. The fraction of sp³-hybridized carbons (Fsp3) is 0.438. The van der Waals surface area contributed by atoms with Gasteiger partial charge in [-0.3, -0.25) is 4.18 Å². The summed E-state index contributed by atoms with van der Waals surface area (Å²) in [5.41, 5.74) is 0.985. The van der Waals surface area contributed by atoms with Crippen molar-refractivity contribution in [1.82, 2.24) is 4.90 Å². The Hall–Kier alpha value is -2.26. The lowest BCUT2D eigenvalue weighted by Crippen LogP contribution is -2.27. The minimum absolute atomic E-state index is 0.0502. The number of amides is 1. The molecule has 0 N–H and O–H groups in total. The molecule has 0 aromatic heterocycles. The van der Waals surface area contributed by atoms with Crippen molar-refractivity contribution in [3.8, 4) is 0 Å². The van der Waals surface area contributed by atoms with Gasteiger partial charge in [0.25, 0.3) is 10.1 Å². The number of cyclic esters (lactones) is 1. The van der Waals surface area contributed by atoms with Gasteiger partial charge >= 0.3 is 6.09 Å². The van der Waals surface area contributed by atoms with E-state index in [4.69, 9.17) is 14.2 Å². The zero-order valence-corrected chi connectivity index (χ0v) is 14.5. The number of nitrogens with zero attached hydrogens (tertiary/aromatic N) is 1. The number of hydrogen-bond donors (Lipinski definition) is 0. The molecule has 0 bridgehead atoms. The smallest absolute Gasteiger partial charge is 0.417 e. The third-order valence-electron chi connectivity index (χ3n) is 3.77. The van der Waals surface area contributed by atoms with E-state index in [9.17, 15) is 13.2 Å². The summed E-state index contributed by atoms with van der Waals surface area (Å²) < 4.78 is 42.9. The third-order valence-corrected chi connectivity index (χ3v) is 4.36. The van der Waals surface area contributed by atoms with Crippen LogP contribution in [0.5, 0.6) is 0 Å². The molecule has 0 radical (unpaired) electrons. The van der Waals surface area contributed by atoms with Crippen molar-refractivity contribution in [2.75, 3.05) is 19.4 Å². The first-order chi connectivity index (χ1) is 11.9. The van der Waals surface area contributed by atoms with Gasteiger partial charge in [-0.05, 0) is 18.4 Å². The normalized spacial score (nSPS) is 23.2. The highest BCUT2D eigenvalue weighted by Crippen LogP contribution is 2.29. The Balaban J connectivity index is 1.57. The average Bonchev–Trinajstić information content (AvgIpc) is 2.95. The third kappa shape index (κ3) is 4.64. The highest BCUT2D eigenvalue weighted by Gasteiger charge is 2.36. The lowest BCUT2D eigenvalue weighted by molar-refractivity contribution is 0.113. The van der Waals surface area contributed by atoms with E-state index in [1.165, 1.54) is 17.4 Å². The zero-order chi connectivity index (χ0) is 17.9. The van der Waals surface area contributed by atoms with Crippen LogP contribution in [-0.2, 0) is 28.5 Å². The molecule has 1 saturated heterocycles. The molecule has 1 amide bonds. The minimum Gasteiger partial charge on any atom is -0.463 e. The minimum atomic E-state index is -3.51. The summed E-state index contributed by atoms with van der Waals surface area (Å²) in [7, 11) is -3.51. The average molecular weight is 369 g/mol. The number of rotatable bonds is 6. The van der Waals surface area contributed by atoms with E-state index in [2.05, 4.69) is 10.3 Å². The molecule has 1 atom stereocenters. The van der Waals surface area contributed by atoms with Crippen LogP contribution in [0.4, 0.5) is 4.79 Å². The number of allylic oxidation sites excluding steroid dienone is 4. The van der Waals surface area contributed by atoms with E-state index in [0.29, 0.717) is 5.76 Å². The van der Waals surface area contributed by atoms with Crippen molar-refractivity contribution in [3.05, 3.63) is 48.0 Å². The van der Waals surface area contributed by atoms with Crippen LogP contribution in [0.1, 0.15) is 19.3 Å². The highest BCUT2D eigenvalue weighted by atomic mass is 32.2. The van der Waals surface area contributed by atoms with Crippen molar-refractivity contribution in [2.45, 2.75) is 25.4 Å². The lowest BCUT2D eigenvalue weighted by Gasteiger charge is -2.23. The summed E-state index contributed by atoms with van der Waals surface area (Å²) in [6.45, 7) is 0.179. The van der Waals surface area contributed by atoms with Crippen LogP contribution < -0.4 is 0 Å². The van der Waals surface area contributed by atoms with Gasteiger partial charge in [0, 0.05) is 6.42 Å². The Morgan fingerprint density at radius 1 is 1.36 bits per heavy atom. The lowest BCUT2D eigenvalue weighted by atomic mass is 10.0. The molecule has 0 aromatic carbocycles. The van der Waals surface area contributed by atoms with Crippen LogP contribution in [0, 0.1) is 0 Å². The fourth-order valence-electron chi connectivity index (χ4n) is 2.57. The molecule has 0 spiro atoms. The van der Waals surface area contributed by atoms with Crippen molar-refractivity contribution in [3.63, 3.8) is 0 Å². The van der Waals surface area contributed by atoms with E-state index in [0.717, 1.165) is 24.7 Å². The molecule has 1 aliphatic carbocycles. The predicted octanol–water partition coefficient (Wildman–Crippen LogP) is 2.14. The zero-order valence-electron chi connectivity index (χ0n) is 13.7. The molecule has 3 rings (SSSR count). The van der Waals surface area contributed by atoms with E-state index in [-0.39, 0.29) is 25.5 Å². The summed E-state index contributed by atoms with van der Waals surface area (Å²) in [5, 5.41) is 0. The Morgan fingerprint density at radius 2 is 2.20 bits per heavy atom. The summed E-state index contributed by atoms with van der Waals surface area (Å²) in [4.78, 5) is 13.4. The first kappa shape index (κ1) is 17.6. The number of carbonyl (C=O) groups excluding carboxylic acids is 1. The van der Waals surface area contributed by atoms with Crippen LogP contribution in [0.15, 0.2) is 48.0 Å². The Bertz CT molecular complexity index is 763. The van der Waals surface area contributed by atoms with Crippen LogP contribution in [-0.4, -0.2) is 44.9 Å². The van der Waals surface area contributed by atoms with Crippen LogP contribution in [0.3, 0.4) is 0 Å². The van der Waals surface area contributed by atoms with Crippen molar-refractivity contribution in [1.29, 1.82) is 0 Å². The summed E-state index contributed by atoms with van der Waals surface area (Å²) in [5.74, 6) is 0.794. The monoisotopic (exact) mass is 369 g/mol. The molecule has 2 aliphatic heterocycles. The summed E-state index contributed by atoms with van der Waals surface area (Å²) in [6.07, 6.45) is 10.7. The van der Waals surface area contributed by atoms with E-state index >= 15 is 0 Å². The van der Waals surface area contributed by atoms with E-state index in [1.54, 1.807) is 0 Å². The largest absolute Gasteiger partial charge is 0.463 e. The fourth-order valence-corrected chi connectivity index (χ4v) is 2.96. The van der Waals surface area contributed by atoms with Gasteiger partial charge in [-0.1, -0.05) is 18.2 Å². The van der Waals surface area contributed by atoms with Crippen molar-refractivity contribution < 1.29 is 31.6 Å². The van der Waals surface area contributed by atoms with E-state index in [1.807, 2.05) is 12.2 Å². The van der Waals surface area contributed by atoms with Crippen LogP contribution in [0.25, 0.3) is 0 Å². The van der Waals surface area contributed by atoms with E-state index < -0.39 is 22.3 Å². The molecule has 3 aliphatic rings. The molecule has 9 heteroatoms. The second-order valence-electron chi connectivity index (χ2n) is 5.77. The Morgan fingerprint density at radius 3 is 2.92 bits per heavy atom. The second kappa shape index (κ2) is 7.32. The molecule has 1 fully saturated rings. The Kier molecular flexibility index (Phi) is 5.14. The maximum atomic E-state index is 12.0. The number of ether oxygens (including phenoxy) is 3. The molecule has 136 valence electrons. The number of carbonyl (C=O) groups is 1.